The Balaban J connectivity index is 1.96. The largest absolute Gasteiger partial charge is 0.481 e. The van der Waals surface area contributed by atoms with Gasteiger partial charge in [-0.3, -0.25) is 14.4 Å². The minimum absolute atomic E-state index is 0.115. The predicted octanol–water partition coefficient (Wildman–Crippen LogP) is 2.07. The van der Waals surface area contributed by atoms with E-state index in [-0.39, 0.29) is 18.3 Å². The number of allylic oxidation sites excluding steroid dienone is 1. The van der Waals surface area contributed by atoms with Crippen molar-refractivity contribution in [2.45, 2.75) is 45.0 Å². The van der Waals surface area contributed by atoms with Crippen LogP contribution in [0.3, 0.4) is 0 Å². The quantitative estimate of drug-likeness (QED) is 0.592. The fraction of sp³-hybridized carbons (Fsp3) is 0.650. The summed E-state index contributed by atoms with van der Waals surface area (Å²) in [5.74, 6) is -3.63. The molecule has 7 heteroatoms. The number of carbonyl (C=O) groups excluding carboxylic acids is 2. The lowest BCUT2D eigenvalue weighted by Crippen LogP contribution is -2.62. The maximum Gasteiger partial charge on any atom is 0.315 e. The van der Waals surface area contributed by atoms with Crippen LogP contribution < -0.4 is 0 Å². The van der Waals surface area contributed by atoms with E-state index >= 15 is 0 Å². The highest BCUT2D eigenvalue weighted by molar-refractivity contribution is 5.83. The fourth-order valence-electron chi connectivity index (χ4n) is 6.02. The molecule has 7 atom stereocenters. The number of esters is 2. The molecule has 0 unspecified atom stereocenters. The van der Waals surface area contributed by atoms with Crippen LogP contribution in [-0.4, -0.2) is 42.0 Å². The van der Waals surface area contributed by atoms with E-state index in [2.05, 4.69) is 6.58 Å². The van der Waals surface area contributed by atoms with Crippen LogP contribution in [0.4, 0.5) is 0 Å². The topological polar surface area (TPSA) is 99.1 Å². The van der Waals surface area contributed by atoms with Crippen molar-refractivity contribution < 1.29 is 33.7 Å². The molecule has 7 nitrogen and oxygen atoms in total. The number of carbonyl (C=O) groups is 3. The molecule has 4 rings (SSSR count). The van der Waals surface area contributed by atoms with Crippen LogP contribution in [0.15, 0.2) is 24.3 Å². The highest BCUT2D eigenvalue weighted by Crippen LogP contribution is 2.71. The Morgan fingerprint density at radius 1 is 1.44 bits per heavy atom. The van der Waals surface area contributed by atoms with Crippen molar-refractivity contribution in [3.63, 3.8) is 0 Å². The summed E-state index contributed by atoms with van der Waals surface area (Å²) in [4.78, 5) is 37.0. The third kappa shape index (κ3) is 1.98. The van der Waals surface area contributed by atoms with Gasteiger partial charge in [-0.05, 0) is 18.4 Å². The molecular weight excluding hydrogens is 352 g/mol. The lowest BCUT2D eigenvalue weighted by atomic mass is 9.47. The summed E-state index contributed by atoms with van der Waals surface area (Å²) in [7, 11) is 1.28. The first-order valence-corrected chi connectivity index (χ1v) is 9.18. The molecule has 4 aliphatic rings. The zero-order valence-electron chi connectivity index (χ0n) is 15.7. The number of hydrogen-bond donors (Lipinski definition) is 1. The van der Waals surface area contributed by atoms with Gasteiger partial charge in [-0.2, -0.15) is 0 Å². The third-order valence-electron chi connectivity index (χ3n) is 7.43. The molecule has 1 N–H and O–H groups in total. The van der Waals surface area contributed by atoms with Gasteiger partial charge in [0.15, 0.2) is 0 Å². The summed E-state index contributed by atoms with van der Waals surface area (Å²) in [6.07, 6.45) is 3.71. The van der Waals surface area contributed by atoms with Crippen LogP contribution in [-0.2, 0) is 28.6 Å². The molecule has 0 amide bonds. The minimum Gasteiger partial charge on any atom is -0.481 e. The zero-order chi connectivity index (χ0) is 19.8. The van der Waals surface area contributed by atoms with Crippen LogP contribution in [0, 0.1) is 28.6 Å². The number of carboxylic acid groups (broad SMARTS) is 1. The minimum atomic E-state index is -1.22. The molecule has 3 fully saturated rings. The van der Waals surface area contributed by atoms with Crippen molar-refractivity contribution in [1.82, 2.24) is 0 Å². The summed E-state index contributed by atoms with van der Waals surface area (Å²) < 4.78 is 16.6. The van der Waals surface area contributed by atoms with Crippen molar-refractivity contribution in [3.05, 3.63) is 24.3 Å². The van der Waals surface area contributed by atoms with Crippen molar-refractivity contribution >= 4 is 17.9 Å². The van der Waals surface area contributed by atoms with Gasteiger partial charge in [-0.1, -0.05) is 26.0 Å². The van der Waals surface area contributed by atoms with E-state index in [1.54, 1.807) is 12.2 Å². The van der Waals surface area contributed by atoms with Crippen molar-refractivity contribution in [2.75, 3.05) is 7.11 Å². The molecule has 2 saturated heterocycles. The summed E-state index contributed by atoms with van der Waals surface area (Å²) >= 11 is 0. The van der Waals surface area contributed by atoms with E-state index in [0.717, 1.165) is 0 Å². The van der Waals surface area contributed by atoms with E-state index < -0.39 is 46.5 Å². The molecule has 0 aromatic carbocycles. The van der Waals surface area contributed by atoms with E-state index in [9.17, 15) is 19.5 Å². The maximum atomic E-state index is 12.5. The maximum absolute atomic E-state index is 12.5. The van der Waals surface area contributed by atoms with Crippen molar-refractivity contribution in [3.8, 4) is 0 Å². The molecule has 0 radical (unpaired) electrons. The smallest absolute Gasteiger partial charge is 0.315 e. The van der Waals surface area contributed by atoms with Crippen molar-refractivity contribution in [1.29, 1.82) is 0 Å². The number of carboxylic acids is 1. The van der Waals surface area contributed by atoms with E-state index in [1.807, 2.05) is 13.8 Å². The average Bonchev–Trinajstić information content (AvgIpc) is 2.95. The van der Waals surface area contributed by atoms with Gasteiger partial charge in [-0.15, -0.1) is 6.58 Å². The molecule has 0 aromatic rings. The summed E-state index contributed by atoms with van der Waals surface area (Å²) in [6.45, 7) is 7.66. The molecule has 1 saturated carbocycles. The highest BCUT2D eigenvalue weighted by Gasteiger charge is 2.78. The summed E-state index contributed by atoms with van der Waals surface area (Å²) in [5, 5.41) is 10.2. The normalized spacial score (nSPS) is 46.9. The van der Waals surface area contributed by atoms with Gasteiger partial charge < -0.3 is 19.3 Å². The SMILES string of the molecule is C=C[C@@]1(C)CC[C@@H]2[C@@]3(O[C@H]4OC(=O)[C@@H](C=C3CC(=O)OC)[C@]42C)[C@H]1C(=O)O. The van der Waals surface area contributed by atoms with Crippen LogP contribution >= 0.6 is 0 Å². The molecular formula is C20H24O7. The Hall–Kier alpha value is -2.15. The molecule has 0 aromatic heterocycles. The average molecular weight is 376 g/mol. The number of aliphatic carboxylic acids is 1. The standard InChI is InChI=1S/C20H24O7/c1-5-18(2)7-6-12-19(3)11-8-10(9-13(21)25-4)20(12,14(18)15(22)23)27-17(19)26-16(11)24/h5,8,11-12,14,17H,1,6-7,9H2,2-4H3,(H,22,23)/t11-,12+,14+,17-,18+,19+,20-/m1/s1. The molecule has 2 bridgehead atoms. The van der Waals surface area contributed by atoms with Gasteiger partial charge in [0, 0.05) is 11.3 Å². The van der Waals surface area contributed by atoms with Crippen LogP contribution in [0.25, 0.3) is 0 Å². The van der Waals surface area contributed by atoms with Crippen LogP contribution in [0.1, 0.15) is 33.1 Å². The van der Waals surface area contributed by atoms with Crippen molar-refractivity contribution in [2.24, 2.45) is 28.6 Å². The number of rotatable bonds is 4. The van der Waals surface area contributed by atoms with Gasteiger partial charge in [0.25, 0.3) is 0 Å². The van der Waals surface area contributed by atoms with Gasteiger partial charge >= 0.3 is 17.9 Å². The van der Waals surface area contributed by atoms with Crippen LogP contribution in [0.2, 0.25) is 0 Å². The first kappa shape index (κ1) is 18.2. The van der Waals surface area contributed by atoms with E-state index in [4.69, 9.17) is 14.2 Å². The van der Waals surface area contributed by atoms with Gasteiger partial charge in [0.2, 0.25) is 6.29 Å². The third-order valence-corrected chi connectivity index (χ3v) is 7.43. The molecule has 146 valence electrons. The summed E-state index contributed by atoms with van der Waals surface area (Å²) in [6, 6.07) is 0. The lowest BCUT2D eigenvalue weighted by Gasteiger charge is -2.55. The summed E-state index contributed by atoms with van der Waals surface area (Å²) in [5.41, 5.74) is -2.07. The second kappa shape index (κ2) is 5.44. The first-order valence-electron chi connectivity index (χ1n) is 9.18. The second-order valence-corrected chi connectivity index (χ2v) is 8.54. The Kier molecular flexibility index (Phi) is 3.67. The number of ether oxygens (including phenoxy) is 3. The predicted molar refractivity (Wildman–Crippen MR) is 92.2 cm³/mol. The lowest BCUT2D eigenvalue weighted by molar-refractivity contribution is -0.204. The Morgan fingerprint density at radius 3 is 2.74 bits per heavy atom. The zero-order valence-corrected chi connectivity index (χ0v) is 15.7. The van der Waals surface area contributed by atoms with Gasteiger partial charge in [0.1, 0.15) is 5.60 Å². The number of methoxy groups -OCH3 is 1. The van der Waals surface area contributed by atoms with Gasteiger partial charge in [0.05, 0.1) is 30.8 Å². The molecule has 2 heterocycles. The Morgan fingerprint density at radius 2 is 2.15 bits per heavy atom. The monoisotopic (exact) mass is 376 g/mol. The van der Waals surface area contributed by atoms with Gasteiger partial charge in [-0.25, -0.2) is 0 Å². The Labute approximate surface area is 157 Å². The molecule has 2 aliphatic heterocycles. The number of hydrogen-bond acceptors (Lipinski definition) is 6. The van der Waals surface area contributed by atoms with E-state index in [1.165, 1.54) is 7.11 Å². The molecule has 0 spiro atoms. The molecule has 2 aliphatic carbocycles. The highest BCUT2D eigenvalue weighted by atomic mass is 16.7. The first-order chi connectivity index (χ1) is 12.6. The Bertz CT molecular complexity index is 785. The molecule has 27 heavy (non-hydrogen) atoms. The fourth-order valence-corrected chi connectivity index (χ4v) is 6.02. The van der Waals surface area contributed by atoms with E-state index in [0.29, 0.717) is 18.4 Å². The van der Waals surface area contributed by atoms with Crippen LogP contribution in [0.5, 0.6) is 0 Å². The second-order valence-electron chi connectivity index (χ2n) is 8.54.